The quantitative estimate of drug-likeness (QED) is 0.0933. The Balaban J connectivity index is 0.000000462. The summed E-state index contributed by atoms with van der Waals surface area (Å²) in [7, 11) is -3.84. The monoisotopic (exact) mass is 710 g/mol. The van der Waals surface area contributed by atoms with E-state index in [1.54, 1.807) is 6.92 Å². The van der Waals surface area contributed by atoms with Gasteiger partial charge >= 0.3 is 0 Å². The number of aliphatic hydroxyl groups excluding tert-OH is 1. The SMILES string of the molecule is CC(C)[Si](OC[C@@H]1OC(C)(C)O[C@@H]1[C@@H](C)O)(C(C)C)C(C)C.CC(C)[Si](OC[C@@H]1OC(C)(C)O[C@@H]1[C@@H](C)OCS)(C(C)C)C(C)C. The van der Waals surface area contributed by atoms with Gasteiger partial charge in [-0.2, -0.15) is 12.6 Å². The van der Waals surface area contributed by atoms with Crippen molar-refractivity contribution < 1.29 is 37.6 Å². The first kappa shape index (κ1) is 44.5. The van der Waals surface area contributed by atoms with Crippen LogP contribution in [0.15, 0.2) is 0 Å². The second-order valence-electron chi connectivity index (χ2n) is 16.3. The van der Waals surface area contributed by atoms with Gasteiger partial charge in [0.25, 0.3) is 0 Å². The van der Waals surface area contributed by atoms with Gasteiger partial charge in [-0.25, -0.2) is 0 Å². The maximum Gasteiger partial charge on any atom is 0.200 e. The molecule has 0 unspecified atom stereocenters. The molecule has 2 fully saturated rings. The zero-order valence-corrected chi connectivity index (χ0v) is 35.7. The number of hydrogen-bond donors (Lipinski definition) is 2. The Labute approximate surface area is 291 Å². The van der Waals surface area contributed by atoms with Crippen molar-refractivity contribution >= 4 is 29.3 Å². The molecule has 6 atom stereocenters. The Hall–Kier alpha value is 0.464. The summed E-state index contributed by atoms with van der Waals surface area (Å²) in [6.45, 7) is 39.9. The molecule has 2 aliphatic rings. The molecule has 0 aromatic heterocycles. The van der Waals surface area contributed by atoms with Crippen molar-refractivity contribution in [2.24, 2.45) is 0 Å². The van der Waals surface area contributed by atoms with Crippen molar-refractivity contribution in [3.8, 4) is 0 Å². The molecule has 2 heterocycles. The largest absolute Gasteiger partial charge is 0.413 e. The Morgan fingerprint density at radius 2 is 0.870 bits per heavy atom. The maximum atomic E-state index is 9.96. The molecule has 2 aliphatic heterocycles. The molecule has 11 heteroatoms. The van der Waals surface area contributed by atoms with E-state index < -0.39 is 34.3 Å². The van der Waals surface area contributed by atoms with Crippen molar-refractivity contribution in [3.63, 3.8) is 0 Å². The van der Waals surface area contributed by atoms with Crippen molar-refractivity contribution in [1.82, 2.24) is 0 Å². The lowest BCUT2D eigenvalue weighted by atomic mass is 10.1. The zero-order valence-electron chi connectivity index (χ0n) is 32.8. The van der Waals surface area contributed by atoms with Gasteiger partial charge in [0, 0.05) is 0 Å². The topological polar surface area (TPSA) is 84.8 Å². The highest BCUT2D eigenvalue weighted by Crippen LogP contribution is 2.44. The molecule has 0 saturated carbocycles. The highest BCUT2D eigenvalue weighted by atomic mass is 32.1. The number of rotatable bonds is 16. The first-order valence-electron chi connectivity index (χ1n) is 17.8. The molecule has 0 aromatic carbocycles. The van der Waals surface area contributed by atoms with Gasteiger partial charge < -0.3 is 37.6 Å². The standard InChI is InChI=1S/C18H38O4SSi.C17H36O4Si/c1-12(2)24(13(3)4,14(5)6)20-10-16-17(15(7)19-11-23)22-18(8,9)21-16;1-11(2)22(12(3)4,13(5)6)19-10-15-16(14(7)18)21-17(8,9)20-15/h12-17,23H,10-11H2,1-9H3;11-16,18H,10H2,1-9H3/t15-,16+,17-;14-,15+,16-/m11/s1. The number of thiol groups is 1. The third-order valence-electron chi connectivity index (χ3n) is 10.1. The maximum absolute atomic E-state index is 9.96. The molecular weight excluding hydrogens is 637 g/mol. The van der Waals surface area contributed by atoms with E-state index in [0.29, 0.717) is 52.4 Å². The first-order chi connectivity index (χ1) is 20.9. The van der Waals surface area contributed by atoms with Gasteiger partial charge in [0.05, 0.1) is 31.4 Å². The minimum absolute atomic E-state index is 0.0777. The predicted molar refractivity (Wildman–Crippen MR) is 198 cm³/mol. The first-order valence-corrected chi connectivity index (χ1v) is 22.7. The summed E-state index contributed by atoms with van der Waals surface area (Å²) >= 11 is 4.16. The summed E-state index contributed by atoms with van der Waals surface area (Å²) in [5.74, 6) is -0.893. The fourth-order valence-electron chi connectivity index (χ4n) is 8.46. The predicted octanol–water partition coefficient (Wildman–Crippen LogP) is 9.07. The van der Waals surface area contributed by atoms with E-state index in [4.69, 9.17) is 32.5 Å². The van der Waals surface area contributed by atoms with E-state index in [1.165, 1.54) is 0 Å². The summed E-state index contributed by atoms with van der Waals surface area (Å²) in [4.78, 5) is 0. The van der Waals surface area contributed by atoms with Crippen LogP contribution >= 0.6 is 12.6 Å². The van der Waals surface area contributed by atoms with E-state index in [0.717, 1.165) is 0 Å². The van der Waals surface area contributed by atoms with Crippen molar-refractivity contribution in [2.45, 2.75) is 206 Å². The van der Waals surface area contributed by atoms with Gasteiger partial charge in [0.1, 0.15) is 24.4 Å². The van der Waals surface area contributed by atoms with Crippen LogP contribution in [0.25, 0.3) is 0 Å². The molecule has 0 spiro atoms. The molecule has 2 saturated heterocycles. The Morgan fingerprint density at radius 3 is 1.15 bits per heavy atom. The Bertz CT molecular complexity index is 837. The van der Waals surface area contributed by atoms with Gasteiger partial charge in [-0.05, 0) is 74.8 Å². The average Bonchev–Trinajstić information content (AvgIpc) is 3.38. The number of ether oxygens (including phenoxy) is 5. The molecule has 8 nitrogen and oxygen atoms in total. The van der Waals surface area contributed by atoms with Crippen LogP contribution in [0, 0.1) is 0 Å². The third-order valence-corrected chi connectivity index (χ3v) is 22.4. The molecule has 0 aliphatic carbocycles. The van der Waals surface area contributed by atoms with E-state index in [-0.39, 0.29) is 30.5 Å². The number of hydrogen-bond acceptors (Lipinski definition) is 9. The minimum atomic E-state index is -1.92. The summed E-state index contributed by atoms with van der Waals surface area (Å²) in [5.41, 5.74) is 3.26. The van der Waals surface area contributed by atoms with Crippen LogP contribution < -0.4 is 0 Å². The molecule has 46 heavy (non-hydrogen) atoms. The van der Waals surface area contributed by atoms with Gasteiger partial charge in [-0.1, -0.05) is 83.1 Å². The van der Waals surface area contributed by atoms with E-state index >= 15 is 0 Å². The molecule has 1 N–H and O–H groups in total. The molecule has 2 rings (SSSR count). The lowest BCUT2D eigenvalue weighted by Gasteiger charge is -2.43. The zero-order chi connectivity index (χ0) is 36.0. The molecule has 276 valence electrons. The smallest absolute Gasteiger partial charge is 0.200 e. The molecule has 0 bridgehead atoms. The van der Waals surface area contributed by atoms with Gasteiger partial charge in [0.2, 0.25) is 0 Å². The normalized spacial score (nSPS) is 26.5. The summed E-state index contributed by atoms with van der Waals surface area (Å²) in [6, 6.07) is 0. The van der Waals surface area contributed by atoms with E-state index in [1.807, 2.05) is 34.6 Å². The van der Waals surface area contributed by atoms with Crippen LogP contribution in [0.5, 0.6) is 0 Å². The van der Waals surface area contributed by atoms with Gasteiger partial charge in [0.15, 0.2) is 28.2 Å². The minimum Gasteiger partial charge on any atom is -0.413 e. The van der Waals surface area contributed by atoms with E-state index in [9.17, 15) is 5.11 Å². The molecule has 0 radical (unpaired) electrons. The summed E-state index contributed by atoms with van der Waals surface area (Å²) in [6.07, 6.45) is -1.43. The Morgan fingerprint density at radius 1 is 0.565 bits per heavy atom. The second-order valence-corrected chi connectivity index (χ2v) is 27.5. The second kappa shape index (κ2) is 18.1. The average molecular weight is 711 g/mol. The van der Waals surface area contributed by atoms with Crippen LogP contribution in [0.1, 0.15) is 125 Å². The lowest BCUT2D eigenvalue weighted by molar-refractivity contribution is -0.157. The molecule has 0 amide bonds. The molecule has 0 aromatic rings. The fraction of sp³-hybridized carbons (Fsp3) is 1.00. The summed E-state index contributed by atoms with van der Waals surface area (Å²) < 4.78 is 43.0. The highest BCUT2D eigenvalue weighted by molar-refractivity contribution is 7.80. The van der Waals surface area contributed by atoms with Gasteiger partial charge in [-0.3, -0.25) is 0 Å². The van der Waals surface area contributed by atoms with Crippen LogP contribution in [0.4, 0.5) is 0 Å². The van der Waals surface area contributed by atoms with Crippen LogP contribution in [-0.4, -0.2) is 89.1 Å². The summed E-state index contributed by atoms with van der Waals surface area (Å²) in [5, 5.41) is 9.96. The van der Waals surface area contributed by atoms with Crippen LogP contribution in [-0.2, 0) is 32.5 Å². The van der Waals surface area contributed by atoms with Crippen molar-refractivity contribution in [2.75, 3.05) is 19.2 Å². The Kier molecular flexibility index (Phi) is 17.5. The molecular formula is C35H74O8SSi2. The van der Waals surface area contributed by atoms with Crippen LogP contribution in [0.2, 0.25) is 33.2 Å². The number of aliphatic hydroxyl groups is 1. The third kappa shape index (κ3) is 11.0. The van der Waals surface area contributed by atoms with Crippen molar-refractivity contribution in [3.05, 3.63) is 0 Å². The highest BCUT2D eigenvalue weighted by Gasteiger charge is 2.50. The van der Waals surface area contributed by atoms with E-state index in [2.05, 4.69) is 95.7 Å². The van der Waals surface area contributed by atoms with Crippen LogP contribution in [0.3, 0.4) is 0 Å². The lowest BCUT2D eigenvalue weighted by Crippen LogP contribution is -2.50. The van der Waals surface area contributed by atoms with Gasteiger partial charge in [-0.15, -0.1) is 0 Å². The van der Waals surface area contributed by atoms with Crippen molar-refractivity contribution in [1.29, 1.82) is 0 Å². The fourth-order valence-corrected chi connectivity index (χ4v) is 19.6.